The summed E-state index contributed by atoms with van der Waals surface area (Å²) in [5.41, 5.74) is 7.13. The Balaban J connectivity index is 0. The van der Waals surface area contributed by atoms with Crippen molar-refractivity contribution < 1.29 is 16.5 Å². The number of hydrogen-bond donors (Lipinski definition) is 0. The molecule has 0 aromatic carbocycles. The van der Waals surface area contributed by atoms with Gasteiger partial charge in [-0.05, 0) is 0 Å². The van der Waals surface area contributed by atoms with E-state index >= 15 is 0 Å². The summed E-state index contributed by atoms with van der Waals surface area (Å²) in [6.07, 6.45) is 4.91. The van der Waals surface area contributed by atoms with Gasteiger partial charge in [-0.3, -0.25) is 0 Å². The molecule has 0 aromatic heterocycles. The van der Waals surface area contributed by atoms with E-state index in [-0.39, 0.29) is 6.15 Å². The molecule has 0 amide bonds. The molecular weight excluding hydrogens is 354 g/mol. The second kappa shape index (κ2) is 10.2. The fraction of sp³-hybridized carbons (Fsp3) is 1.00. The first-order chi connectivity index (χ1) is 4.31. The first kappa shape index (κ1) is 13.8. The fourth-order valence-corrected chi connectivity index (χ4v) is 0.926. The van der Waals surface area contributed by atoms with Crippen molar-refractivity contribution in [2.45, 2.75) is 31.7 Å². The van der Waals surface area contributed by atoms with Gasteiger partial charge in [-0.1, -0.05) is 25.7 Å². The smallest absolute Gasteiger partial charge is 0.0547 e. The van der Waals surface area contributed by atoms with Crippen molar-refractivity contribution in [1.82, 2.24) is 0 Å². The predicted octanol–water partition coefficient (Wildman–Crippen LogP) is 4.07. The van der Waals surface area contributed by atoms with Gasteiger partial charge in [0.25, 0.3) is 0 Å². The number of halogens is 2. The maximum absolute atomic E-state index is 7.13. The molecule has 1 fully saturated rings. The topological polar surface area (TPSA) is 57.3 Å². The quantitative estimate of drug-likeness (QED) is 0.621. The zero-order valence-corrected chi connectivity index (χ0v) is 9.34. The van der Waals surface area contributed by atoms with E-state index in [1.54, 1.807) is 0 Å². The van der Waals surface area contributed by atoms with Crippen molar-refractivity contribution in [1.29, 1.82) is 0 Å². The molecule has 1 aliphatic carbocycles. The van der Waals surface area contributed by atoms with Crippen molar-refractivity contribution >= 4 is 18.8 Å². The molecule has 0 aliphatic heterocycles. The average Bonchev–Trinajstić information content (AvgIpc) is 2.20. The molecule has 0 bridgehead atoms. The van der Waals surface area contributed by atoms with Gasteiger partial charge in [-0.15, -0.1) is 6.04 Å². The molecule has 1 aliphatic rings. The van der Waals surface area contributed by atoms with Crippen molar-refractivity contribution in [3.05, 3.63) is 11.9 Å². The third-order valence-electron chi connectivity index (χ3n) is 1.36. The van der Waals surface area contributed by atoms with Gasteiger partial charge in [-0.2, -0.15) is 0 Å². The Hall–Kier alpha value is 1.19. The zero-order chi connectivity index (χ0) is 7.11. The molecule has 0 heterocycles. The molecule has 0 unspecified atom stereocenters. The van der Waals surface area contributed by atoms with Crippen LogP contribution in [0, 0.1) is 0 Å². The Morgan fingerprint density at radius 3 is 1.60 bits per heavy atom. The minimum atomic E-state index is -0.472. The van der Waals surface area contributed by atoms with Gasteiger partial charge in [0.05, 0.1) is 0 Å². The van der Waals surface area contributed by atoms with E-state index in [2.05, 4.69) is 0 Å². The summed E-state index contributed by atoms with van der Waals surface area (Å²) in [5, 5.41) is 0. The average molecular weight is 366 g/mol. The van der Waals surface area contributed by atoms with E-state index in [1.165, 1.54) is 12.8 Å². The largest absolute Gasteiger partial charge is 0.693 e. The first-order valence-corrected chi connectivity index (χ1v) is 8.48. The monoisotopic (exact) mass is 365 g/mol. The molecule has 0 radical (unpaired) electrons. The Labute approximate surface area is 78.8 Å². The van der Waals surface area contributed by atoms with Crippen molar-refractivity contribution in [3.63, 3.8) is 0 Å². The molecule has 66 valence electrons. The number of rotatable bonds is 0. The number of nitrogens with two attached hydrogens (primary N) is 1. The molecule has 0 atom stereocenters. The van der Waals surface area contributed by atoms with Crippen molar-refractivity contribution in [2.24, 2.45) is 0 Å². The van der Waals surface area contributed by atoms with Gasteiger partial charge >= 0.3 is 35.3 Å². The maximum Gasteiger partial charge on any atom is -0.0547 e. The van der Waals surface area contributed by atoms with Gasteiger partial charge in [0.15, 0.2) is 0 Å². The van der Waals surface area contributed by atoms with Gasteiger partial charge in [0, 0.05) is 0 Å². The first-order valence-electron chi connectivity index (χ1n) is 2.84. The SMILES string of the molecule is [Cl][Pt+2][Cl].[NH-]C1CCCC1.[NH2-]. The van der Waals surface area contributed by atoms with E-state index in [0.29, 0.717) is 6.04 Å². The third-order valence-corrected chi connectivity index (χ3v) is 1.36. The molecular formula is C5H12Cl2N2Pt. The third kappa shape index (κ3) is 9.19. The second-order valence-corrected chi connectivity index (χ2v) is 5.31. The minimum Gasteiger partial charge on any atom is -0.693 e. The molecule has 10 heavy (non-hydrogen) atoms. The molecule has 5 heteroatoms. The van der Waals surface area contributed by atoms with Crippen LogP contribution in [-0.4, -0.2) is 6.04 Å². The molecule has 0 saturated heterocycles. The van der Waals surface area contributed by atoms with Crippen LogP contribution in [0.3, 0.4) is 0 Å². The predicted molar refractivity (Wildman–Crippen MR) is 43.6 cm³/mol. The van der Waals surface area contributed by atoms with E-state index in [1.807, 2.05) is 0 Å². The van der Waals surface area contributed by atoms with E-state index in [0.717, 1.165) is 12.8 Å². The summed E-state index contributed by atoms with van der Waals surface area (Å²) in [4.78, 5) is 0. The standard InChI is InChI=1S/C5H10N.2ClH.H2N.Pt/c6-5-3-1-2-4-5;;;;/h5-6H,1-4H2;2*1H;1H2;/q-1;;;-1;+4/p-2. The van der Waals surface area contributed by atoms with Gasteiger partial charge in [0.1, 0.15) is 0 Å². The summed E-state index contributed by atoms with van der Waals surface area (Å²) in [6.45, 7) is 0. The van der Waals surface area contributed by atoms with Crippen LogP contribution in [0.1, 0.15) is 25.7 Å². The summed E-state index contributed by atoms with van der Waals surface area (Å²) >= 11 is -0.472. The molecule has 2 nitrogen and oxygen atoms in total. The van der Waals surface area contributed by atoms with E-state index < -0.39 is 16.5 Å². The van der Waals surface area contributed by atoms with Crippen LogP contribution in [0.25, 0.3) is 11.9 Å². The summed E-state index contributed by atoms with van der Waals surface area (Å²) in [6, 6.07) is 0.296. The van der Waals surface area contributed by atoms with E-state index in [4.69, 9.17) is 24.6 Å². The zero-order valence-electron chi connectivity index (χ0n) is 5.56. The number of hydrogen-bond acceptors (Lipinski definition) is 0. The Kier molecular flexibility index (Phi) is 14.0. The van der Waals surface area contributed by atoms with Gasteiger partial charge in [0.2, 0.25) is 0 Å². The van der Waals surface area contributed by atoms with Crippen LogP contribution in [0.4, 0.5) is 0 Å². The van der Waals surface area contributed by atoms with Crippen molar-refractivity contribution in [3.8, 4) is 0 Å². The Bertz CT molecular complexity index is 59.6. The molecule has 0 spiro atoms. The van der Waals surface area contributed by atoms with Crippen LogP contribution in [-0.2, 0) is 16.5 Å². The summed E-state index contributed by atoms with van der Waals surface area (Å²) in [7, 11) is 9.75. The van der Waals surface area contributed by atoms with Crippen LogP contribution >= 0.6 is 18.8 Å². The summed E-state index contributed by atoms with van der Waals surface area (Å²) < 4.78 is 0. The fourth-order valence-electron chi connectivity index (χ4n) is 0.926. The van der Waals surface area contributed by atoms with Gasteiger partial charge in [-0.25, -0.2) is 0 Å². The normalized spacial score (nSPS) is 17.5. The number of nitrogens with one attached hydrogen (secondary N) is 1. The molecule has 1 saturated carbocycles. The van der Waals surface area contributed by atoms with Crippen LogP contribution in [0.2, 0.25) is 0 Å². The van der Waals surface area contributed by atoms with Crippen molar-refractivity contribution in [2.75, 3.05) is 0 Å². The molecule has 0 aromatic rings. The molecule has 3 N–H and O–H groups in total. The Morgan fingerprint density at radius 1 is 1.20 bits per heavy atom. The van der Waals surface area contributed by atoms with E-state index in [9.17, 15) is 0 Å². The second-order valence-electron chi connectivity index (χ2n) is 2.03. The minimum absolute atomic E-state index is 0. The Morgan fingerprint density at radius 2 is 1.50 bits per heavy atom. The maximum atomic E-state index is 7.13. The molecule has 1 rings (SSSR count). The van der Waals surface area contributed by atoms with Crippen LogP contribution in [0.15, 0.2) is 0 Å². The van der Waals surface area contributed by atoms with Gasteiger partial charge < -0.3 is 11.9 Å². The summed E-state index contributed by atoms with van der Waals surface area (Å²) in [5.74, 6) is 0. The van der Waals surface area contributed by atoms with Crippen LogP contribution < -0.4 is 0 Å². The van der Waals surface area contributed by atoms with Crippen LogP contribution in [0.5, 0.6) is 0 Å².